The van der Waals surface area contributed by atoms with Gasteiger partial charge >= 0.3 is 11.9 Å². The van der Waals surface area contributed by atoms with E-state index in [0.29, 0.717) is 5.90 Å². The zero-order valence-corrected chi connectivity index (χ0v) is 12.0. The summed E-state index contributed by atoms with van der Waals surface area (Å²) in [7, 11) is 0. The minimum Gasteiger partial charge on any atom is -0.463 e. The second-order valence-corrected chi connectivity index (χ2v) is 5.04. The smallest absolute Gasteiger partial charge is 0.302 e. The number of hydrogen-bond donors (Lipinski definition) is 0. The Morgan fingerprint density at radius 2 is 2.00 bits per heavy atom. The van der Waals surface area contributed by atoms with Gasteiger partial charge in [0.25, 0.3) is 0 Å². The third kappa shape index (κ3) is 3.09. The van der Waals surface area contributed by atoms with Crippen LogP contribution >= 0.6 is 0 Å². The van der Waals surface area contributed by atoms with Gasteiger partial charge in [0.1, 0.15) is 18.8 Å². The second kappa shape index (κ2) is 5.78. The Morgan fingerprint density at radius 3 is 2.60 bits per heavy atom. The predicted octanol–water partition coefficient (Wildman–Crippen LogP) is 0.659. The van der Waals surface area contributed by atoms with E-state index in [9.17, 15) is 9.59 Å². The molecule has 1 saturated heterocycles. The molecule has 0 aromatic rings. The van der Waals surface area contributed by atoms with Gasteiger partial charge in [-0.25, -0.2) is 4.99 Å². The number of nitrogens with zero attached hydrogens (tertiary/aromatic N) is 1. The van der Waals surface area contributed by atoms with Crippen molar-refractivity contribution in [3.63, 3.8) is 0 Å². The maximum Gasteiger partial charge on any atom is 0.302 e. The molecule has 0 aromatic heterocycles. The number of aliphatic imine (C=N–C) groups is 1. The van der Waals surface area contributed by atoms with Crippen molar-refractivity contribution in [2.24, 2.45) is 10.9 Å². The number of hydrogen-bond acceptors (Lipinski definition) is 7. The lowest BCUT2D eigenvalue weighted by Gasteiger charge is -2.40. The SMILES string of the molecule is CC(=O)OCC1O[C@H]2OC(C)=NC2[C@@H](OC(C)=O)[C@H]1C. The minimum absolute atomic E-state index is 0.0971. The molecule has 2 heterocycles. The molecule has 2 unspecified atom stereocenters. The van der Waals surface area contributed by atoms with Gasteiger partial charge in [-0.15, -0.1) is 0 Å². The summed E-state index contributed by atoms with van der Waals surface area (Å²) in [4.78, 5) is 26.5. The highest BCUT2D eigenvalue weighted by atomic mass is 16.7. The fourth-order valence-electron chi connectivity index (χ4n) is 2.45. The number of carbonyl (C=O) groups excluding carboxylic acids is 2. The Morgan fingerprint density at radius 1 is 1.30 bits per heavy atom. The summed E-state index contributed by atoms with van der Waals surface area (Å²) in [6.07, 6.45) is -1.45. The van der Waals surface area contributed by atoms with E-state index in [-0.39, 0.29) is 30.5 Å². The van der Waals surface area contributed by atoms with E-state index >= 15 is 0 Å². The third-order valence-corrected chi connectivity index (χ3v) is 3.40. The van der Waals surface area contributed by atoms with Gasteiger partial charge in [0, 0.05) is 26.7 Å². The lowest BCUT2D eigenvalue weighted by Crippen LogP contribution is -2.54. The Hall–Kier alpha value is -1.63. The largest absolute Gasteiger partial charge is 0.463 e. The average Bonchev–Trinajstić information content (AvgIpc) is 2.70. The Bertz CT molecular complexity index is 435. The van der Waals surface area contributed by atoms with Crippen LogP contribution in [0.15, 0.2) is 4.99 Å². The van der Waals surface area contributed by atoms with Crippen molar-refractivity contribution in [1.82, 2.24) is 0 Å². The first kappa shape index (κ1) is 14.8. The van der Waals surface area contributed by atoms with E-state index < -0.39 is 18.5 Å². The highest BCUT2D eigenvalue weighted by molar-refractivity contribution is 5.75. The number of rotatable bonds is 3. The van der Waals surface area contributed by atoms with E-state index in [1.165, 1.54) is 13.8 Å². The molecule has 5 atom stereocenters. The van der Waals surface area contributed by atoms with Crippen LogP contribution < -0.4 is 0 Å². The number of carbonyl (C=O) groups is 2. The van der Waals surface area contributed by atoms with Crippen molar-refractivity contribution in [2.45, 2.75) is 52.2 Å². The molecular weight excluding hydrogens is 266 g/mol. The molecular formula is C13H19NO6. The van der Waals surface area contributed by atoms with E-state index in [1.54, 1.807) is 6.92 Å². The van der Waals surface area contributed by atoms with Gasteiger partial charge in [-0.05, 0) is 0 Å². The third-order valence-electron chi connectivity index (χ3n) is 3.40. The van der Waals surface area contributed by atoms with Crippen molar-refractivity contribution in [3.05, 3.63) is 0 Å². The van der Waals surface area contributed by atoms with Crippen molar-refractivity contribution in [2.75, 3.05) is 6.61 Å². The second-order valence-electron chi connectivity index (χ2n) is 5.04. The monoisotopic (exact) mass is 285 g/mol. The highest BCUT2D eigenvalue weighted by Gasteiger charge is 2.49. The molecule has 2 aliphatic rings. The van der Waals surface area contributed by atoms with Crippen LogP contribution in [0.25, 0.3) is 0 Å². The highest BCUT2D eigenvalue weighted by Crippen LogP contribution is 2.34. The van der Waals surface area contributed by atoms with Gasteiger partial charge < -0.3 is 18.9 Å². The van der Waals surface area contributed by atoms with Crippen LogP contribution in [0.2, 0.25) is 0 Å². The maximum absolute atomic E-state index is 11.3. The van der Waals surface area contributed by atoms with E-state index in [2.05, 4.69) is 4.99 Å². The summed E-state index contributed by atoms with van der Waals surface area (Å²) in [5.41, 5.74) is 0. The first-order chi connectivity index (χ1) is 9.38. The van der Waals surface area contributed by atoms with Crippen LogP contribution in [0, 0.1) is 5.92 Å². The molecule has 0 amide bonds. The van der Waals surface area contributed by atoms with Gasteiger partial charge in [-0.1, -0.05) is 6.92 Å². The van der Waals surface area contributed by atoms with Crippen molar-refractivity contribution < 1.29 is 28.5 Å². The Labute approximate surface area is 117 Å². The lowest BCUT2D eigenvalue weighted by atomic mass is 9.89. The van der Waals surface area contributed by atoms with Crippen LogP contribution in [0.5, 0.6) is 0 Å². The van der Waals surface area contributed by atoms with Gasteiger partial charge in [-0.3, -0.25) is 9.59 Å². The van der Waals surface area contributed by atoms with E-state index in [0.717, 1.165) is 0 Å². The zero-order valence-electron chi connectivity index (χ0n) is 12.0. The zero-order chi connectivity index (χ0) is 14.9. The normalized spacial score (nSPS) is 35.6. The first-order valence-electron chi connectivity index (χ1n) is 6.55. The molecule has 2 aliphatic heterocycles. The molecule has 0 spiro atoms. The van der Waals surface area contributed by atoms with Crippen LogP contribution in [0.1, 0.15) is 27.7 Å². The summed E-state index contributed by atoms with van der Waals surface area (Å²) in [6, 6.07) is -0.373. The van der Waals surface area contributed by atoms with Gasteiger partial charge in [0.05, 0.1) is 0 Å². The molecule has 112 valence electrons. The van der Waals surface area contributed by atoms with Gasteiger partial charge in [-0.2, -0.15) is 0 Å². The van der Waals surface area contributed by atoms with Crippen molar-refractivity contribution in [3.8, 4) is 0 Å². The summed E-state index contributed by atoms with van der Waals surface area (Å²) < 4.78 is 21.5. The van der Waals surface area contributed by atoms with Crippen LogP contribution in [0.3, 0.4) is 0 Å². The molecule has 2 rings (SSSR count). The van der Waals surface area contributed by atoms with Crippen LogP contribution in [-0.2, 0) is 28.5 Å². The Kier molecular flexibility index (Phi) is 4.27. The summed E-state index contributed by atoms with van der Waals surface area (Å²) >= 11 is 0. The molecule has 0 aromatic carbocycles. The van der Waals surface area contributed by atoms with Crippen LogP contribution in [0.4, 0.5) is 0 Å². The predicted molar refractivity (Wildman–Crippen MR) is 68.0 cm³/mol. The number of esters is 2. The average molecular weight is 285 g/mol. The van der Waals surface area contributed by atoms with Crippen LogP contribution in [-0.4, -0.2) is 49.0 Å². The number of fused-ring (bicyclic) bond motifs is 1. The molecule has 0 N–H and O–H groups in total. The van der Waals surface area contributed by atoms with Crippen molar-refractivity contribution >= 4 is 17.8 Å². The standard InChI is InChI=1S/C13H19NO6/c1-6-10(5-17-8(3)15)20-13-11(14-7(2)18-13)12(6)19-9(4)16/h6,10-13H,5H2,1-4H3/t6-,10?,11?,12-,13+/m0/s1. The summed E-state index contributed by atoms with van der Waals surface area (Å²) in [5.74, 6) is -0.421. The molecule has 0 aliphatic carbocycles. The fraction of sp³-hybridized carbons (Fsp3) is 0.769. The quantitative estimate of drug-likeness (QED) is 0.708. The van der Waals surface area contributed by atoms with E-state index in [1.807, 2.05) is 6.92 Å². The topological polar surface area (TPSA) is 83.4 Å². The summed E-state index contributed by atoms with van der Waals surface area (Å²) in [6.45, 7) is 6.38. The van der Waals surface area contributed by atoms with Crippen molar-refractivity contribution in [1.29, 1.82) is 0 Å². The van der Waals surface area contributed by atoms with Gasteiger partial charge in [0.15, 0.2) is 11.9 Å². The molecule has 0 bridgehead atoms. The number of ether oxygens (including phenoxy) is 4. The summed E-state index contributed by atoms with van der Waals surface area (Å²) in [5, 5.41) is 0. The molecule has 1 fully saturated rings. The molecule has 0 radical (unpaired) electrons. The molecule has 7 heteroatoms. The lowest BCUT2D eigenvalue weighted by molar-refractivity contribution is -0.224. The fourth-order valence-corrected chi connectivity index (χ4v) is 2.45. The molecule has 0 saturated carbocycles. The minimum atomic E-state index is -0.601. The van der Waals surface area contributed by atoms with Gasteiger partial charge in [0.2, 0.25) is 6.29 Å². The maximum atomic E-state index is 11.3. The molecule has 20 heavy (non-hydrogen) atoms. The molecule has 7 nitrogen and oxygen atoms in total. The first-order valence-corrected chi connectivity index (χ1v) is 6.55. The Balaban J connectivity index is 2.12. The van der Waals surface area contributed by atoms with E-state index in [4.69, 9.17) is 18.9 Å².